The fourth-order valence-corrected chi connectivity index (χ4v) is 5.26. The van der Waals surface area contributed by atoms with E-state index < -0.39 is 0 Å². The largest absolute Gasteiger partial charge is 0.283 e. The number of para-hydroxylation sites is 1. The molecule has 0 spiro atoms. The van der Waals surface area contributed by atoms with E-state index >= 15 is 0 Å². The van der Waals surface area contributed by atoms with Crippen molar-refractivity contribution in [1.29, 1.82) is 0 Å². The summed E-state index contributed by atoms with van der Waals surface area (Å²) in [5.74, 6) is 0.334. The first-order valence-electron chi connectivity index (χ1n) is 10.6. The summed E-state index contributed by atoms with van der Waals surface area (Å²) < 4.78 is 0. The van der Waals surface area contributed by atoms with Crippen LogP contribution in [0.25, 0.3) is 6.08 Å². The van der Waals surface area contributed by atoms with Gasteiger partial charge in [0.1, 0.15) is 0 Å². The molecule has 31 heavy (non-hydrogen) atoms. The van der Waals surface area contributed by atoms with Gasteiger partial charge in [0.05, 0.1) is 15.5 Å². The van der Waals surface area contributed by atoms with E-state index in [0.717, 1.165) is 24.9 Å². The topological polar surface area (TPSA) is 75.8 Å². The Balaban J connectivity index is 1.73. The maximum atomic E-state index is 13.5. The molecule has 0 aromatic heterocycles. The first kappa shape index (κ1) is 21.3. The highest BCUT2D eigenvalue weighted by Crippen LogP contribution is 2.40. The van der Waals surface area contributed by atoms with Gasteiger partial charge >= 0.3 is 0 Å². The molecule has 0 bridgehead atoms. The van der Waals surface area contributed by atoms with Crippen LogP contribution >= 0.6 is 11.8 Å². The number of amidine groups is 1. The van der Waals surface area contributed by atoms with Crippen molar-refractivity contribution in [2.75, 3.05) is 0 Å². The average Bonchev–Trinajstić information content (AvgIpc) is 3.05. The van der Waals surface area contributed by atoms with Crippen LogP contribution in [0, 0.1) is 23.0 Å². The van der Waals surface area contributed by atoms with Gasteiger partial charge < -0.3 is 0 Å². The lowest BCUT2D eigenvalue weighted by atomic mass is 9.85. The van der Waals surface area contributed by atoms with Gasteiger partial charge in [-0.05, 0) is 61.2 Å². The van der Waals surface area contributed by atoms with Crippen LogP contribution in [-0.2, 0) is 4.79 Å². The van der Waals surface area contributed by atoms with E-state index in [1.54, 1.807) is 19.1 Å². The van der Waals surface area contributed by atoms with E-state index in [0.29, 0.717) is 27.1 Å². The molecule has 7 heteroatoms. The van der Waals surface area contributed by atoms with Gasteiger partial charge in [-0.3, -0.25) is 19.8 Å². The van der Waals surface area contributed by atoms with E-state index in [1.807, 2.05) is 41.3 Å². The molecule has 1 amide bonds. The molecule has 160 valence electrons. The van der Waals surface area contributed by atoms with E-state index in [4.69, 9.17) is 4.99 Å². The number of hydrogen-bond donors (Lipinski definition) is 0. The summed E-state index contributed by atoms with van der Waals surface area (Å²) in [4.78, 5) is 31.6. The van der Waals surface area contributed by atoms with Crippen LogP contribution in [0.15, 0.2) is 58.4 Å². The van der Waals surface area contributed by atoms with Crippen molar-refractivity contribution in [2.45, 2.75) is 45.6 Å². The Morgan fingerprint density at radius 3 is 2.61 bits per heavy atom. The molecule has 4 rings (SSSR count). The van der Waals surface area contributed by atoms with Gasteiger partial charge in [0.25, 0.3) is 11.6 Å². The lowest BCUT2D eigenvalue weighted by Gasteiger charge is -2.35. The van der Waals surface area contributed by atoms with Gasteiger partial charge in [0.2, 0.25) is 0 Å². The zero-order valence-corrected chi connectivity index (χ0v) is 18.5. The number of thioether (sulfide) groups is 1. The van der Waals surface area contributed by atoms with Crippen molar-refractivity contribution in [3.8, 4) is 0 Å². The van der Waals surface area contributed by atoms with Gasteiger partial charge in [-0.2, -0.15) is 0 Å². The third-order valence-electron chi connectivity index (χ3n) is 5.94. The molecule has 0 unspecified atom stereocenters. The van der Waals surface area contributed by atoms with Crippen molar-refractivity contribution in [3.63, 3.8) is 0 Å². The van der Waals surface area contributed by atoms with Crippen molar-refractivity contribution < 1.29 is 9.72 Å². The number of aliphatic imine (C=N–C) groups is 1. The van der Waals surface area contributed by atoms with Crippen LogP contribution < -0.4 is 0 Å². The van der Waals surface area contributed by atoms with Gasteiger partial charge in [-0.1, -0.05) is 50.1 Å². The molecular formula is C24H25N3O3S. The minimum Gasteiger partial charge on any atom is -0.283 e. The molecule has 6 nitrogen and oxygen atoms in total. The van der Waals surface area contributed by atoms with Crippen LogP contribution in [-0.4, -0.2) is 26.9 Å². The molecule has 2 aromatic carbocycles. The number of aryl methyl sites for hydroxylation is 1. The highest BCUT2D eigenvalue weighted by Gasteiger charge is 2.41. The number of carbonyl (C=O) groups excluding carboxylic acids is 1. The molecule has 1 saturated heterocycles. The van der Waals surface area contributed by atoms with Crippen LogP contribution in [0.3, 0.4) is 0 Å². The molecule has 2 aromatic rings. The number of hydrogen-bond acceptors (Lipinski definition) is 5. The summed E-state index contributed by atoms with van der Waals surface area (Å²) in [6.07, 6.45) is 6.10. The molecule has 1 aliphatic heterocycles. The monoisotopic (exact) mass is 435 g/mol. The maximum absolute atomic E-state index is 13.5. The van der Waals surface area contributed by atoms with E-state index in [2.05, 4.69) is 6.92 Å². The first-order valence-corrected chi connectivity index (χ1v) is 11.4. The summed E-state index contributed by atoms with van der Waals surface area (Å²) in [6, 6.07) is 14.8. The molecule has 1 heterocycles. The lowest BCUT2D eigenvalue weighted by molar-refractivity contribution is -0.385. The molecule has 2 aliphatic rings. The van der Waals surface area contributed by atoms with Gasteiger partial charge in [0.15, 0.2) is 5.17 Å². The summed E-state index contributed by atoms with van der Waals surface area (Å²) in [5.41, 5.74) is 2.10. The Labute approximate surface area is 186 Å². The number of nitro benzene ring substituents is 1. The fourth-order valence-electron chi connectivity index (χ4n) is 4.21. The molecule has 0 N–H and O–H groups in total. The fraction of sp³-hybridized carbons (Fsp3) is 0.333. The van der Waals surface area contributed by atoms with Crippen molar-refractivity contribution in [2.24, 2.45) is 10.9 Å². The minimum absolute atomic E-state index is 0.0562. The predicted octanol–water partition coefficient (Wildman–Crippen LogP) is 6.09. The van der Waals surface area contributed by atoms with Crippen LogP contribution in [0.4, 0.5) is 11.4 Å². The predicted molar refractivity (Wildman–Crippen MR) is 125 cm³/mol. The number of nitrogens with zero attached hydrogens (tertiary/aromatic N) is 3. The smallest absolute Gasteiger partial charge is 0.272 e. The molecule has 2 fully saturated rings. The summed E-state index contributed by atoms with van der Waals surface area (Å²) in [5, 5.41) is 12.0. The highest BCUT2D eigenvalue weighted by atomic mass is 32.2. The van der Waals surface area contributed by atoms with Crippen molar-refractivity contribution in [3.05, 3.63) is 74.7 Å². The van der Waals surface area contributed by atoms with E-state index in [1.165, 1.54) is 24.2 Å². The molecule has 0 radical (unpaired) electrons. The standard InChI is InChI=1S/C24H25N3O3S/c1-16-8-6-7-11-20(16)26-23(28)22(31-24(26)25-19-9-4-3-5-10-19)15-18-13-12-17(2)21(14-18)27(29)30/h3-5,9-10,12-16,20H,6-8,11H2,1-2H3/b22-15-,25-24?/t16-,20-/m0/s1. The third-order valence-corrected chi connectivity index (χ3v) is 6.93. The van der Waals surface area contributed by atoms with Crippen LogP contribution in [0.5, 0.6) is 0 Å². The normalized spacial score (nSPS) is 24.2. The zero-order valence-electron chi connectivity index (χ0n) is 17.7. The summed E-state index contributed by atoms with van der Waals surface area (Å²) >= 11 is 1.35. The highest BCUT2D eigenvalue weighted by molar-refractivity contribution is 8.18. The Hall–Kier alpha value is -2.93. The SMILES string of the molecule is Cc1ccc(/C=C2\SC(=Nc3ccccc3)N([C@H]3CCCC[C@@H]3C)C2=O)cc1[N+](=O)[O-]. The Bertz CT molecular complexity index is 1060. The number of carbonyl (C=O) groups is 1. The quantitative estimate of drug-likeness (QED) is 0.331. The molecule has 1 saturated carbocycles. The van der Waals surface area contributed by atoms with Gasteiger partial charge in [-0.15, -0.1) is 0 Å². The second kappa shape index (κ2) is 9.06. The maximum Gasteiger partial charge on any atom is 0.272 e. The van der Waals surface area contributed by atoms with Gasteiger partial charge in [0, 0.05) is 17.7 Å². The van der Waals surface area contributed by atoms with E-state index in [-0.39, 0.29) is 22.6 Å². The third kappa shape index (κ3) is 4.56. The summed E-state index contributed by atoms with van der Waals surface area (Å²) in [7, 11) is 0. The zero-order chi connectivity index (χ0) is 22.0. The van der Waals surface area contributed by atoms with Crippen molar-refractivity contribution >= 4 is 40.3 Å². The number of amides is 1. The van der Waals surface area contributed by atoms with Crippen molar-refractivity contribution in [1.82, 2.24) is 4.90 Å². The van der Waals surface area contributed by atoms with Crippen LogP contribution in [0.2, 0.25) is 0 Å². The molecular weight excluding hydrogens is 410 g/mol. The number of nitro groups is 1. The second-order valence-electron chi connectivity index (χ2n) is 8.15. The minimum atomic E-state index is -0.390. The Morgan fingerprint density at radius 2 is 1.90 bits per heavy atom. The van der Waals surface area contributed by atoms with Crippen LogP contribution in [0.1, 0.15) is 43.7 Å². The molecule has 2 atom stereocenters. The Morgan fingerprint density at radius 1 is 1.16 bits per heavy atom. The van der Waals surface area contributed by atoms with E-state index in [9.17, 15) is 14.9 Å². The first-order chi connectivity index (χ1) is 14.9. The molecule has 1 aliphatic carbocycles. The lowest BCUT2D eigenvalue weighted by Crippen LogP contribution is -2.44. The summed E-state index contributed by atoms with van der Waals surface area (Å²) in [6.45, 7) is 3.91. The van der Waals surface area contributed by atoms with Gasteiger partial charge in [-0.25, -0.2) is 4.99 Å². The Kier molecular flexibility index (Phi) is 6.23. The second-order valence-corrected chi connectivity index (χ2v) is 9.16. The number of benzene rings is 2. The number of rotatable bonds is 4. The average molecular weight is 436 g/mol.